The molecule has 0 unspecified atom stereocenters. The number of halogens is 3. The lowest BCUT2D eigenvalue weighted by Gasteiger charge is -2.16. The first-order valence-corrected chi connectivity index (χ1v) is 13.5. The van der Waals surface area contributed by atoms with Crippen LogP contribution in [0.5, 0.6) is 0 Å². The van der Waals surface area contributed by atoms with Gasteiger partial charge in [0.15, 0.2) is 0 Å². The first-order valence-electron chi connectivity index (χ1n) is 12.7. The Labute approximate surface area is 244 Å². The van der Waals surface area contributed by atoms with Crippen molar-refractivity contribution in [3.05, 3.63) is 87.5 Å². The fraction of sp³-hybridized carbons (Fsp3) is 0.250. The molecule has 1 saturated heterocycles. The van der Waals surface area contributed by atoms with Crippen LogP contribution in [0.2, 0.25) is 10.0 Å². The predicted molar refractivity (Wildman–Crippen MR) is 150 cm³/mol. The highest BCUT2D eigenvalue weighted by Crippen LogP contribution is 2.33. The molecule has 3 heterocycles. The molecule has 2 atom stereocenters. The maximum atomic E-state index is 13.5. The van der Waals surface area contributed by atoms with Crippen molar-refractivity contribution in [3.8, 4) is 22.4 Å². The van der Waals surface area contributed by atoms with Crippen molar-refractivity contribution >= 4 is 35.2 Å². The Kier molecular flexibility index (Phi) is 8.89. The van der Waals surface area contributed by atoms with Crippen LogP contribution in [0.25, 0.3) is 22.4 Å². The molecular formula is C28H26Cl2FN5O5. The zero-order valence-electron chi connectivity index (χ0n) is 21.5. The molecule has 0 bridgehead atoms. The van der Waals surface area contributed by atoms with Crippen LogP contribution >= 0.6 is 23.2 Å². The Bertz CT molecular complexity index is 1550. The number of aromatic nitrogens is 3. The van der Waals surface area contributed by atoms with Crippen molar-refractivity contribution in [2.45, 2.75) is 25.1 Å². The number of benzene rings is 2. The number of nitrogens with zero attached hydrogens (tertiary/aromatic N) is 1. The molecule has 13 heteroatoms. The van der Waals surface area contributed by atoms with E-state index in [-0.39, 0.29) is 23.4 Å². The number of nitrogens with one attached hydrogen (secondary N) is 4. The van der Waals surface area contributed by atoms with E-state index in [2.05, 4.69) is 25.8 Å². The SMILES string of the molecule is O=C(NCc1ccc(-c2cn[nH]c2-c2c[nH]c(C(=O)N[C@H](CO)c3ccc(F)c(Cl)c3)c2)cc1Cl)O[C@H]1CCOC1. The fourth-order valence-corrected chi connectivity index (χ4v) is 4.86. The highest BCUT2D eigenvalue weighted by Gasteiger charge is 2.21. The summed E-state index contributed by atoms with van der Waals surface area (Å²) in [6.45, 7) is 0.765. The van der Waals surface area contributed by atoms with Gasteiger partial charge in [0.05, 0.1) is 42.8 Å². The molecule has 214 valence electrons. The molecule has 2 aromatic heterocycles. The summed E-state index contributed by atoms with van der Waals surface area (Å²) in [7, 11) is 0. The molecule has 5 rings (SSSR count). The van der Waals surface area contributed by atoms with Gasteiger partial charge in [0.1, 0.15) is 17.6 Å². The highest BCUT2D eigenvalue weighted by molar-refractivity contribution is 6.31. The van der Waals surface area contributed by atoms with Gasteiger partial charge in [0.2, 0.25) is 0 Å². The number of alkyl carbamates (subject to hydrolysis) is 1. The molecular weight excluding hydrogens is 576 g/mol. The van der Waals surface area contributed by atoms with Crippen LogP contribution in [-0.4, -0.2) is 58.2 Å². The Morgan fingerprint density at radius 1 is 1.17 bits per heavy atom. The van der Waals surface area contributed by atoms with Gasteiger partial charge in [-0.15, -0.1) is 0 Å². The molecule has 0 spiro atoms. The maximum Gasteiger partial charge on any atom is 0.407 e. The van der Waals surface area contributed by atoms with Gasteiger partial charge in [-0.3, -0.25) is 9.89 Å². The fourth-order valence-electron chi connectivity index (χ4n) is 4.42. The van der Waals surface area contributed by atoms with E-state index in [4.69, 9.17) is 32.7 Å². The zero-order chi connectivity index (χ0) is 28.9. The van der Waals surface area contributed by atoms with Crippen LogP contribution in [0.4, 0.5) is 9.18 Å². The quantitative estimate of drug-likeness (QED) is 0.183. The lowest BCUT2D eigenvalue weighted by Crippen LogP contribution is -2.31. The van der Waals surface area contributed by atoms with Crippen LogP contribution in [0.3, 0.4) is 0 Å². The standard InChI is InChI=1S/C28H26Cl2FN5O5/c29-21-7-15(1-2-17(21)10-33-28(39)41-19-5-6-40-14-19)20-12-34-36-26(20)18-9-24(32-11-18)27(38)35-25(13-37)16-3-4-23(31)22(30)8-16/h1-4,7-9,11-12,19,25,32,37H,5-6,10,13-14H2,(H,33,39)(H,34,36)(H,35,38)/t19-,25+/m0/s1. The number of ether oxygens (including phenoxy) is 2. The number of aliphatic hydroxyl groups excluding tert-OH is 1. The molecule has 2 amide bonds. The summed E-state index contributed by atoms with van der Waals surface area (Å²) in [5.74, 6) is -1.07. The average Bonchev–Trinajstić information content (AvgIpc) is 3.74. The zero-order valence-corrected chi connectivity index (χ0v) is 23.1. The number of carbonyl (C=O) groups excluding carboxylic acids is 2. The largest absolute Gasteiger partial charge is 0.444 e. The van der Waals surface area contributed by atoms with Crippen LogP contribution in [0.1, 0.15) is 34.1 Å². The third kappa shape index (κ3) is 6.71. The van der Waals surface area contributed by atoms with Crippen LogP contribution < -0.4 is 10.6 Å². The number of aromatic amines is 2. The molecule has 4 aromatic rings. The van der Waals surface area contributed by atoms with Crippen LogP contribution in [0.15, 0.2) is 54.9 Å². The molecule has 0 radical (unpaired) electrons. The van der Waals surface area contributed by atoms with E-state index in [0.29, 0.717) is 47.0 Å². The van der Waals surface area contributed by atoms with Crippen LogP contribution in [-0.2, 0) is 16.0 Å². The number of carbonyl (C=O) groups is 2. The van der Waals surface area contributed by atoms with E-state index in [1.165, 1.54) is 18.2 Å². The molecule has 10 nitrogen and oxygen atoms in total. The Hall–Kier alpha value is -3.90. The topological polar surface area (TPSA) is 141 Å². The van der Waals surface area contributed by atoms with Crippen molar-refractivity contribution in [2.75, 3.05) is 19.8 Å². The maximum absolute atomic E-state index is 13.5. The average molecular weight is 602 g/mol. The van der Waals surface area contributed by atoms with E-state index in [9.17, 15) is 19.1 Å². The summed E-state index contributed by atoms with van der Waals surface area (Å²) in [6, 6.07) is 10.3. The predicted octanol–water partition coefficient (Wildman–Crippen LogP) is 5.00. The van der Waals surface area contributed by atoms with Gasteiger partial charge in [-0.05, 0) is 41.0 Å². The van der Waals surface area contributed by atoms with E-state index in [1.54, 1.807) is 30.6 Å². The van der Waals surface area contributed by atoms with Crippen LogP contribution in [0, 0.1) is 5.82 Å². The smallest absolute Gasteiger partial charge is 0.407 e. The van der Waals surface area contributed by atoms with E-state index in [1.807, 2.05) is 6.07 Å². The highest BCUT2D eigenvalue weighted by atomic mass is 35.5. The van der Waals surface area contributed by atoms with Gasteiger partial charge in [0, 0.05) is 35.3 Å². The minimum Gasteiger partial charge on any atom is -0.444 e. The minimum absolute atomic E-state index is 0.106. The second-order valence-corrected chi connectivity index (χ2v) is 10.2. The molecule has 1 aliphatic heterocycles. The lowest BCUT2D eigenvalue weighted by atomic mass is 10.0. The first kappa shape index (κ1) is 28.6. The van der Waals surface area contributed by atoms with Gasteiger partial charge in [-0.2, -0.15) is 5.10 Å². The van der Waals surface area contributed by atoms with Crippen molar-refractivity contribution in [3.63, 3.8) is 0 Å². The molecule has 41 heavy (non-hydrogen) atoms. The number of H-pyrrole nitrogens is 2. The number of aliphatic hydroxyl groups is 1. The lowest BCUT2D eigenvalue weighted by molar-refractivity contribution is 0.0828. The summed E-state index contributed by atoms with van der Waals surface area (Å²) < 4.78 is 24.0. The van der Waals surface area contributed by atoms with Gasteiger partial charge in [0.25, 0.3) is 5.91 Å². The van der Waals surface area contributed by atoms with E-state index in [0.717, 1.165) is 11.1 Å². The Morgan fingerprint density at radius 3 is 2.76 bits per heavy atom. The van der Waals surface area contributed by atoms with E-state index >= 15 is 0 Å². The molecule has 0 aliphatic carbocycles. The summed E-state index contributed by atoms with van der Waals surface area (Å²) in [5.41, 5.74) is 4.23. The van der Waals surface area contributed by atoms with Gasteiger partial charge >= 0.3 is 6.09 Å². The number of amides is 2. The van der Waals surface area contributed by atoms with Crippen molar-refractivity contribution < 1.29 is 28.6 Å². The molecule has 0 saturated carbocycles. The first-order chi connectivity index (χ1) is 19.8. The summed E-state index contributed by atoms with van der Waals surface area (Å²) in [4.78, 5) is 27.9. The number of hydrogen-bond donors (Lipinski definition) is 5. The van der Waals surface area contributed by atoms with Gasteiger partial charge in [-0.1, -0.05) is 41.4 Å². The van der Waals surface area contributed by atoms with Gasteiger partial charge < -0.3 is 30.2 Å². The summed E-state index contributed by atoms with van der Waals surface area (Å²) in [5, 5.41) is 22.7. The molecule has 5 N–H and O–H groups in total. The Balaban J connectivity index is 1.26. The van der Waals surface area contributed by atoms with Crippen molar-refractivity contribution in [2.24, 2.45) is 0 Å². The minimum atomic E-state index is -0.788. The third-order valence-corrected chi connectivity index (χ3v) is 7.28. The molecule has 1 aliphatic rings. The van der Waals surface area contributed by atoms with E-state index < -0.39 is 30.5 Å². The van der Waals surface area contributed by atoms with Crippen molar-refractivity contribution in [1.29, 1.82) is 0 Å². The van der Waals surface area contributed by atoms with Gasteiger partial charge in [-0.25, -0.2) is 9.18 Å². The molecule has 1 fully saturated rings. The number of rotatable bonds is 9. The number of hydrogen-bond acceptors (Lipinski definition) is 6. The third-order valence-electron chi connectivity index (χ3n) is 6.64. The summed E-state index contributed by atoms with van der Waals surface area (Å²) in [6.07, 6.45) is 3.20. The molecule has 2 aromatic carbocycles. The second kappa shape index (κ2) is 12.7. The monoisotopic (exact) mass is 601 g/mol. The summed E-state index contributed by atoms with van der Waals surface area (Å²) >= 11 is 12.4. The second-order valence-electron chi connectivity index (χ2n) is 9.39. The van der Waals surface area contributed by atoms with Crippen molar-refractivity contribution in [1.82, 2.24) is 25.8 Å². The normalized spacial score (nSPS) is 15.5. The Morgan fingerprint density at radius 2 is 2.02 bits per heavy atom.